The van der Waals surface area contributed by atoms with E-state index >= 15 is 0 Å². The molecule has 2 atom stereocenters. The van der Waals surface area contributed by atoms with E-state index in [-0.39, 0.29) is 0 Å². The van der Waals surface area contributed by atoms with Crippen molar-refractivity contribution in [2.24, 2.45) is 5.41 Å². The smallest absolute Gasteiger partial charge is 0.0101 e. The third-order valence-corrected chi connectivity index (χ3v) is 5.18. The second kappa shape index (κ2) is 3.01. The molecule has 2 rings (SSSR count). The molecule has 1 heterocycles. The molecule has 1 aliphatic heterocycles. The summed E-state index contributed by atoms with van der Waals surface area (Å²) in [7, 11) is 0. The first-order valence-electron chi connectivity index (χ1n) is 4.93. The lowest BCUT2D eigenvalue weighted by Crippen LogP contribution is -2.36. The molecule has 0 spiro atoms. The zero-order valence-corrected chi connectivity index (χ0v) is 8.25. The van der Waals surface area contributed by atoms with E-state index < -0.39 is 0 Å². The number of fused-ring (bicyclic) bond motifs is 1. The minimum Gasteiger partial charge on any atom is -0.158 e. The van der Waals surface area contributed by atoms with Crippen molar-refractivity contribution in [1.29, 1.82) is 0 Å². The summed E-state index contributed by atoms with van der Waals surface area (Å²) in [5.74, 6) is 1.43. The first-order valence-corrected chi connectivity index (χ1v) is 5.98. The average Bonchev–Trinajstić information content (AvgIpc) is 2.03. The lowest BCUT2D eigenvalue weighted by molar-refractivity contribution is 0.202. The molecule has 0 N–H and O–H groups in total. The summed E-state index contributed by atoms with van der Waals surface area (Å²) in [5, 5.41) is 1.02. The fourth-order valence-electron chi connectivity index (χ4n) is 2.64. The summed E-state index contributed by atoms with van der Waals surface area (Å²) in [5.41, 5.74) is 0.737. The van der Waals surface area contributed by atoms with Gasteiger partial charge in [-0.15, -0.1) is 0 Å². The Labute approximate surface area is 74.1 Å². The standard InChI is InChI=1S/C10H18S/c1-10-6-3-2-5-9(10)11-8-4-7-10/h9H,2-8H2,1H3/t9-,10-/m1/s1. The lowest BCUT2D eigenvalue weighted by atomic mass is 9.72. The van der Waals surface area contributed by atoms with Crippen LogP contribution in [0.25, 0.3) is 0 Å². The molecule has 0 nitrogen and oxygen atoms in total. The Morgan fingerprint density at radius 1 is 1.18 bits per heavy atom. The highest BCUT2D eigenvalue weighted by Gasteiger charge is 2.38. The molecular weight excluding hydrogens is 152 g/mol. The van der Waals surface area contributed by atoms with Gasteiger partial charge in [0, 0.05) is 5.25 Å². The molecule has 0 bridgehead atoms. The van der Waals surface area contributed by atoms with Crippen molar-refractivity contribution in [2.75, 3.05) is 5.75 Å². The first kappa shape index (κ1) is 7.97. The van der Waals surface area contributed by atoms with Gasteiger partial charge in [-0.1, -0.05) is 19.8 Å². The van der Waals surface area contributed by atoms with Gasteiger partial charge in [-0.25, -0.2) is 0 Å². The summed E-state index contributed by atoms with van der Waals surface area (Å²) in [6.07, 6.45) is 8.97. The van der Waals surface area contributed by atoms with Crippen molar-refractivity contribution in [3.63, 3.8) is 0 Å². The van der Waals surface area contributed by atoms with Crippen LogP contribution in [0, 0.1) is 5.41 Å². The molecule has 64 valence electrons. The summed E-state index contributed by atoms with van der Waals surface area (Å²) in [6, 6.07) is 0. The van der Waals surface area contributed by atoms with E-state index in [1.54, 1.807) is 0 Å². The Kier molecular flexibility index (Phi) is 2.18. The number of hydrogen-bond donors (Lipinski definition) is 0. The zero-order valence-electron chi connectivity index (χ0n) is 7.44. The molecule has 2 fully saturated rings. The minimum absolute atomic E-state index is 0.737. The van der Waals surface area contributed by atoms with Gasteiger partial charge in [-0.05, 0) is 36.9 Å². The molecule has 1 heteroatoms. The van der Waals surface area contributed by atoms with Crippen LogP contribution in [0.5, 0.6) is 0 Å². The Hall–Kier alpha value is 0.350. The molecule has 2 aliphatic rings. The Morgan fingerprint density at radius 3 is 2.82 bits per heavy atom. The van der Waals surface area contributed by atoms with Crippen molar-refractivity contribution in [3.8, 4) is 0 Å². The van der Waals surface area contributed by atoms with Gasteiger partial charge in [0.2, 0.25) is 0 Å². The van der Waals surface area contributed by atoms with Crippen molar-refractivity contribution in [2.45, 2.75) is 50.7 Å². The molecule has 11 heavy (non-hydrogen) atoms. The number of thioether (sulfide) groups is 1. The highest BCUT2D eigenvalue weighted by molar-refractivity contribution is 8.00. The first-order chi connectivity index (χ1) is 5.31. The normalized spacial score (nSPS) is 45.0. The maximum Gasteiger partial charge on any atom is 0.0101 e. The van der Waals surface area contributed by atoms with Crippen LogP contribution in [0.4, 0.5) is 0 Å². The van der Waals surface area contributed by atoms with E-state index in [1.165, 1.54) is 44.3 Å². The highest BCUT2D eigenvalue weighted by atomic mass is 32.2. The summed E-state index contributed by atoms with van der Waals surface area (Å²) in [4.78, 5) is 0. The molecule has 0 unspecified atom stereocenters. The fourth-order valence-corrected chi connectivity index (χ4v) is 4.21. The maximum absolute atomic E-state index is 2.52. The lowest BCUT2D eigenvalue weighted by Gasteiger charge is -2.44. The van der Waals surface area contributed by atoms with E-state index in [2.05, 4.69) is 18.7 Å². The molecule has 0 aromatic rings. The third kappa shape index (κ3) is 1.44. The second-order valence-electron chi connectivity index (χ2n) is 4.36. The topological polar surface area (TPSA) is 0 Å². The van der Waals surface area contributed by atoms with Gasteiger partial charge in [-0.2, -0.15) is 11.8 Å². The Morgan fingerprint density at radius 2 is 2.00 bits per heavy atom. The Bertz CT molecular complexity index is 130. The molecular formula is C10H18S. The van der Waals surface area contributed by atoms with E-state index in [4.69, 9.17) is 0 Å². The van der Waals surface area contributed by atoms with Crippen LogP contribution in [0.2, 0.25) is 0 Å². The quantitative estimate of drug-likeness (QED) is 0.536. The number of hydrogen-bond acceptors (Lipinski definition) is 1. The largest absolute Gasteiger partial charge is 0.158 e. The molecule has 0 aromatic carbocycles. The van der Waals surface area contributed by atoms with E-state index in [0.29, 0.717) is 0 Å². The van der Waals surface area contributed by atoms with Crippen LogP contribution in [-0.2, 0) is 0 Å². The van der Waals surface area contributed by atoms with Gasteiger partial charge >= 0.3 is 0 Å². The van der Waals surface area contributed by atoms with E-state index in [0.717, 1.165) is 10.7 Å². The molecule has 1 saturated heterocycles. The molecule has 0 aromatic heterocycles. The third-order valence-electron chi connectivity index (χ3n) is 3.45. The van der Waals surface area contributed by atoms with Crippen LogP contribution in [0.1, 0.15) is 45.4 Å². The predicted molar refractivity (Wildman–Crippen MR) is 52.1 cm³/mol. The fraction of sp³-hybridized carbons (Fsp3) is 1.00. The van der Waals surface area contributed by atoms with Crippen molar-refractivity contribution in [3.05, 3.63) is 0 Å². The minimum atomic E-state index is 0.737. The second-order valence-corrected chi connectivity index (χ2v) is 5.67. The summed E-state index contributed by atoms with van der Waals surface area (Å²) >= 11 is 2.25. The van der Waals surface area contributed by atoms with Gasteiger partial charge < -0.3 is 0 Å². The van der Waals surface area contributed by atoms with Crippen molar-refractivity contribution < 1.29 is 0 Å². The van der Waals surface area contributed by atoms with Crippen LogP contribution in [0.15, 0.2) is 0 Å². The van der Waals surface area contributed by atoms with E-state index in [9.17, 15) is 0 Å². The van der Waals surface area contributed by atoms with Gasteiger partial charge in [0.25, 0.3) is 0 Å². The zero-order chi connectivity index (χ0) is 7.73. The van der Waals surface area contributed by atoms with Gasteiger partial charge in [0.1, 0.15) is 0 Å². The van der Waals surface area contributed by atoms with E-state index in [1.807, 2.05) is 0 Å². The van der Waals surface area contributed by atoms with Gasteiger partial charge in [0.15, 0.2) is 0 Å². The highest BCUT2D eigenvalue weighted by Crippen LogP contribution is 2.49. The molecule has 1 saturated carbocycles. The van der Waals surface area contributed by atoms with Gasteiger partial charge in [0.05, 0.1) is 0 Å². The van der Waals surface area contributed by atoms with Crippen LogP contribution in [0.3, 0.4) is 0 Å². The SMILES string of the molecule is C[C@]12CCCC[C@H]1SCCC2. The monoisotopic (exact) mass is 170 g/mol. The number of rotatable bonds is 0. The predicted octanol–water partition coefficient (Wildman–Crippen LogP) is 3.46. The summed E-state index contributed by atoms with van der Waals surface area (Å²) in [6.45, 7) is 2.52. The molecule has 0 amide bonds. The molecule has 1 aliphatic carbocycles. The molecule has 0 radical (unpaired) electrons. The maximum atomic E-state index is 2.52. The van der Waals surface area contributed by atoms with Gasteiger partial charge in [-0.3, -0.25) is 0 Å². The van der Waals surface area contributed by atoms with Crippen LogP contribution in [-0.4, -0.2) is 11.0 Å². The van der Waals surface area contributed by atoms with Crippen molar-refractivity contribution >= 4 is 11.8 Å². The van der Waals surface area contributed by atoms with Crippen LogP contribution >= 0.6 is 11.8 Å². The Balaban J connectivity index is 2.06. The van der Waals surface area contributed by atoms with Crippen molar-refractivity contribution in [1.82, 2.24) is 0 Å². The average molecular weight is 170 g/mol. The summed E-state index contributed by atoms with van der Waals surface area (Å²) < 4.78 is 0. The van der Waals surface area contributed by atoms with Crippen LogP contribution < -0.4 is 0 Å².